The van der Waals surface area contributed by atoms with Crippen LogP contribution in [0.15, 0.2) is 24.4 Å². The predicted molar refractivity (Wildman–Crippen MR) is 77.4 cm³/mol. The van der Waals surface area contributed by atoms with Gasteiger partial charge in [0.2, 0.25) is 5.91 Å². The second kappa shape index (κ2) is 7.89. The molecule has 4 heteroatoms. The van der Waals surface area contributed by atoms with E-state index in [4.69, 9.17) is 5.73 Å². The van der Waals surface area contributed by atoms with Gasteiger partial charge in [-0.15, -0.1) is 0 Å². The molecule has 3 N–H and O–H groups in total. The van der Waals surface area contributed by atoms with Crippen LogP contribution < -0.4 is 11.1 Å². The summed E-state index contributed by atoms with van der Waals surface area (Å²) in [6, 6.07) is 5.64. The smallest absolute Gasteiger partial charge is 0.220 e. The van der Waals surface area contributed by atoms with Gasteiger partial charge in [-0.05, 0) is 43.9 Å². The van der Waals surface area contributed by atoms with E-state index < -0.39 is 0 Å². The van der Waals surface area contributed by atoms with Gasteiger partial charge in [-0.1, -0.05) is 19.9 Å². The molecule has 0 aliphatic rings. The van der Waals surface area contributed by atoms with Crippen molar-refractivity contribution in [2.45, 2.75) is 39.7 Å². The van der Waals surface area contributed by atoms with E-state index >= 15 is 0 Å². The summed E-state index contributed by atoms with van der Waals surface area (Å²) < 4.78 is 0. The van der Waals surface area contributed by atoms with Crippen LogP contribution in [-0.4, -0.2) is 17.4 Å². The largest absolute Gasteiger partial charge is 0.348 e. The van der Waals surface area contributed by atoms with Gasteiger partial charge in [-0.2, -0.15) is 0 Å². The lowest BCUT2D eigenvalue weighted by atomic mass is 9.94. The van der Waals surface area contributed by atoms with Crippen LogP contribution >= 0.6 is 0 Å². The number of carbonyl (C=O) groups excluding carboxylic acids is 1. The Hall–Kier alpha value is -1.42. The molecule has 0 bridgehead atoms. The van der Waals surface area contributed by atoms with E-state index in [9.17, 15) is 4.79 Å². The molecule has 0 spiro atoms. The van der Waals surface area contributed by atoms with Crippen molar-refractivity contribution in [2.24, 2.45) is 17.6 Å². The fourth-order valence-corrected chi connectivity index (χ4v) is 2.20. The summed E-state index contributed by atoms with van der Waals surface area (Å²) in [6.07, 6.45) is 3.22. The Morgan fingerprint density at radius 1 is 1.37 bits per heavy atom. The van der Waals surface area contributed by atoms with Crippen LogP contribution in [0, 0.1) is 11.8 Å². The van der Waals surface area contributed by atoms with Crippen molar-refractivity contribution in [3.63, 3.8) is 0 Å². The maximum Gasteiger partial charge on any atom is 0.220 e. The Balaban J connectivity index is 2.46. The molecule has 19 heavy (non-hydrogen) atoms. The minimum atomic E-state index is -0.0637. The molecule has 0 saturated heterocycles. The van der Waals surface area contributed by atoms with Crippen LogP contribution in [0.5, 0.6) is 0 Å². The number of nitrogens with two attached hydrogens (primary N) is 1. The van der Waals surface area contributed by atoms with E-state index in [-0.39, 0.29) is 17.9 Å². The fraction of sp³-hybridized carbons (Fsp3) is 0.600. The van der Waals surface area contributed by atoms with E-state index in [0.29, 0.717) is 18.9 Å². The van der Waals surface area contributed by atoms with Crippen LogP contribution in [0.2, 0.25) is 0 Å². The van der Waals surface area contributed by atoms with Crippen molar-refractivity contribution < 1.29 is 4.79 Å². The van der Waals surface area contributed by atoms with E-state index in [1.54, 1.807) is 6.20 Å². The molecule has 0 fully saturated rings. The average molecular weight is 263 g/mol. The summed E-state index contributed by atoms with van der Waals surface area (Å²) in [4.78, 5) is 16.2. The number of pyridine rings is 1. The maximum absolute atomic E-state index is 12.0. The molecule has 1 aromatic heterocycles. The third-order valence-electron chi connectivity index (χ3n) is 3.12. The molecule has 1 rings (SSSR count). The second-order valence-electron chi connectivity index (χ2n) is 5.48. The van der Waals surface area contributed by atoms with Crippen molar-refractivity contribution >= 4 is 5.91 Å². The average Bonchev–Trinajstić information content (AvgIpc) is 2.38. The van der Waals surface area contributed by atoms with Gasteiger partial charge in [-0.3, -0.25) is 9.78 Å². The number of rotatable bonds is 7. The lowest BCUT2D eigenvalue weighted by Gasteiger charge is -2.18. The van der Waals surface area contributed by atoms with Crippen LogP contribution in [-0.2, 0) is 4.79 Å². The Labute approximate surface area is 115 Å². The molecule has 0 aromatic carbocycles. The topological polar surface area (TPSA) is 68.0 Å². The first kappa shape index (κ1) is 15.6. The highest BCUT2D eigenvalue weighted by Crippen LogP contribution is 2.15. The van der Waals surface area contributed by atoms with Gasteiger partial charge in [0.15, 0.2) is 0 Å². The highest BCUT2D eigenvalue weighted by atomic mass is 16.1. The third-order valence-corrected chi connectivity index (χ3v) is 3.12. The first-order valence-corrected chi connectivity index (χ1v) is 6.93. The minimum Gasteiger partial charge on any atom is -0.348 e. The van der Waals surface area contributed by atoms with Crippen molar-refractivity contribution in [1.29, 1.82) is 0 Å². The third kappa shape index (κ3) is 5.83. The second-order valence-corrected chi connectivity index (χ2v) is 5.48. The first-order valence-electron chi connectivity index (χ1n) is 6.93. The van der Waals surface area contributed by atoms with E-state index in [0.717, 1.165) is 12.1 Å². The number of nitrogens with one attached hydrogen (secondary N) is 1. The summed E-state index contributed by atoms with van der Waals surface area (Å²) >= 11 is 0. The number of nitrogens with zero attached hydrogens (tertiary/aromatic N) is 1. The number of hydrogen-bond donors (Lipinski definition) is 2. The van der Waals surface area contributed by atoms with Gasteiger partial charge in [0.1, 0.15) is 0 Å². The standard InChI is InChI=1S/C15H25N3O/c1-11(2)8-13(10-16)9-15(19)18-12(3)14-6-4-5-7-17-14/h4-7,11-13H,8-10,16H2,1-3H3,(H,18,19). The summed E-state index contributed by atoms with van der Waals surface area (Å²) in [6.45, 7) is 6.80. The molecule has 2 unspecified atom stereocenters. The van der Waals surface area contributed by atoms with Crippen molar-refractivity contribution in [3.8, 4) is 0 Å². The SMILES string of the molecule is CC(C)CC(CN)CC(=O)NC(C)c1ccccn1. The zero-order valence-electron chi connectivity index (χ0n) is 12.1. The molecule has 0 aliphatic heterocycles. The minimum absolute atomic E-state index is 0.0502. The molecule has 1 aromatic rings. The quantitative estimate of drug-likeness (QED) is 0.793. The van der Waals surface area contributed by atoms with Crippen molar-refractivity contribution in [1.82, 2.24) is 10.3 Å². The molecule has 1 heterocycles. The van der Waals surface area contributed by atoms with Crippen LogP contribution in [0.3, 0.4) is 0 Å². The number of hydrogen-bond acceptors (Lipinski definition) is 3. The molecule has 4 nitrogen and oxygen atoms in total. The first-order chi connectivity index (χ1) is 9.02. The van der Waals surface area contributed by atoms with Crippen LogP contribution in [0.4, 0.5) is 0 Å². The summed E-state index contributed by atoms with van der Waals surface area (Å²) in [7, 11) is 0. The normalized spacial score (nSPS) is 14.2. The van der Waals surface area contributed by atoms with Gasteiger partial charge in [-0.25, -0.2) is 0 Å². The fourth-order valence-electron chi connectivity index (χ4n) is 2.20. The Morgan fingerprint density at radius 2 is 2.11 bits per heavy atom. The zero-order valence-corrected chi connectivity index (χ0v) is 12.1. The zero-order chi connectivity index (χ0) is 14.3. The van der Waals surface area contributed by atoms with Crippen LogP contribution in [0.1, 0.15) is 45.3 Å². The molecule has 106 valence electrons. The Kier molecular flexibility index (Phi) is 6.50. The molecular formula is C15H25N3O. The van der Waals surface area contributed by atoms with Gasteiger partial charge < -0.3 is 11.1 Å². The summed E-state index contributed by atoms with van der Waals surface area (Å²) in [5.41, 5.74) is 6.60. The predicted octanol–water partition coefficient (Wildman–Crippen LogP) is 2.27. The molecular weight excluding hydrogens is 238 g/mol. The lowest BCUT2D eigenvalue weighted by molar-refractivity contribution is -0.122. The molecule has 0 saturated carbocycles. The summed E-state index contributed by atoms with van der Waals surface area (Å²) in [5.74, 6) is 0.875. The van der Waals surface area contributed by atoms with Crippen LogP contribution in [0.25, 0.3) is 0 Å². The summed E-state index contributed by atoms with van der Waals surface area (Å²) in [5, 5.41) is 2.98. The van der Waals surface area contributed by atoms with Crippen molar-refractivity contribution in [3.05, 3.63) is 30.1 Å². The highest BCUT2D eigenvalue weighted by Gasteiger charge is 2.16. The monoisotopic (exact) mass is 263 g/mol. The van der Waals surface area contributed by atoms with Crippen molar-refractivity contribution in [2.75, 3.05) is 6.54 Å². The van der Waals surface area contributed by atoms with E-state index in [1.807, 2.05) is 25.1 Å². The Bertz CT molecular complexity index is 378. The van der Waals surface area contributed by atoms with E-state index in [2.05, 4.69) is 24.1 Å². The van der Waals surface area contributed by atoms with Gasteiger partial charge in [0.25, 0.3) is 0 Å². The molecule has 0 aliphatic carbocycles. The molecule has 2 atom stereocenters. The van der Waals surface area contributed by atoms with Gasteiger partial charge in [0, 0.05) is 12.6 Å². The van der Waals surface area contributed by atoms with Gasteiger partial charge in [0.05, 0.1) is 11.7 Å². The Morgan fingerprint density at radius 3 is 2.63 bits per heavy atom. The van der Waals surface area contributed by atoms with Gasteiger partial charge >= 0.3 is 0 Å². The molecule has 0 radical (unpaired) electrons. The van der Waals surface area contributed by atoms with E-state index in [1.165, 1.54) is 0 Å². The number of aromatic nitrogens is 1. The number of amides is 1. The lowest BCUT2D eigenvalue weighted by Crippen LogP contribution is -2.31. The highest BCUT2D eigenvalue weighted by molar-refractivity contribution is 5.76. The molecule has 1 amide bonds. The maximum atomic E-state index is 12.0. The number of carbonyl (C=O) groups is 1.